The van der Waals surface area contributed by atoms with Gasteiger partial charge in [-0.1, -0.05) is 0 Å². The van der Waals surface area contributed by atoms with Crippen LogP contribution >= 0.6 is 0 Å². The van der Waals surface area contributed by atoms with E-state index in [2.05, 4.69) is 5.32 Å². The van der Waals surface area contributed by atoms with E-state index in [9.17, 15) is 21.6 Å². The van der Waals surface area contributed by atoms with Crippen LogP contribution in [0.1, 0.15) is 12.8 Å². The quantitative estimate of drug-likeness (QED) is 0.929. The Bertz CT molecular complexity index is 548. The van der Waals surface area contributed by atoms with E-state index < -0.39 is 20.2 Å². The largest absolute Gasteiger partial charge is 0.501 e. The molecule has 1 atom stereocenters. The van der Waals surface area contributed by atoms with Crippen molar-refractivity contribution >= 4 is 15.5 Å². The van der Waals surface area contributed by atoms with Crippen LogP contribution in [-0.4, -0.2) is 33.2 Å². The molecular formula is C12H14F3NO3S. The molecule has 1 fully saturated rings. The molecule has 1 unspecified atom stereocenters. The van der Waals surface area contributed by atoms with Crippen molar-refractivity contribution in [3.8, 4) is 0 Å². The highest BCUT2D eigenvalue weighted by molar-refractivity contribution is 7.92. The van der Waals surface area contributed by atoms with Crippen molar-refractivity contribution in [2.45, 2.75) is 29.3 Å². The zero-order valence-electron chi connectivity index (χ0n) is 10.5. The lowest BCUT2D eigenvalue weighted by Crippen LogP contribution is -2.23. The van der Waals surface area contributed by atoms with Gasteiger partial charge in [0.05, 0.1) is 11.0 Å². The minimum atomic E-state index is -5.28. The molecule has 20 heavy (non-hydrogen) atoms. The highest BCUT2D eigenvalue weighted by atomic mass is 32.2. The van der Waals surface area contributed by atoms with Crippen LogP contribution < -0.4 is 5.32 Å². The fourth-order valence-electron chi connectivity index (χ4n) is 1.92. The predicted molar refractivity (Wildman–Crippen MR) is 67.1 cm³/mol. The SMILES string of the molecule is O=S(=O)(c1ccc(NCC2CCCO2)cc1)C(F)(F)F. The van der Waals surface area contributed by atoms with Crippen LogP contribution in [0.4, 0.5) is 18.9 Å². The molecule has 1 heterocycles. The van der Waals surface area contributed by atoms with Crippen LogP contribution in [0.2, 0.25) is 0 Å². The van der Waals surface area contributed by atoms with Gasteiger partial charge in [0, 0.05) is 18.8 Å². The Kier molecular flexibility index (Phi) is 4.24. The van der Waals surface area contributed by atoms with Crippen LogP contribution in [0.5, 0.6) is 0 Å². The molecule has 2 rings (SSSR count). The second kappa shape index (κ2) is 5.61. The van der Waals surface area contributed by atoms with Crippen molar-refractivity contribution < 1.29 is 26.3 Å². The summed E-state index contributed by atoms with van der Waals surface area (Å²) in [5.41, 5.74) is -4.72. The van der Waals surface area contributed by atoms with Crippen LogP contribution in [0, 0.1) is 0 Å². The van der Waals surface area contributed by atoms with Gasteiger partial charge in [0.2, 0.25) is 0 Å². The van der Waals surface area contributed by atoms with Gasteiger partial charge in [-0.3, -0.25) is 0 Å². The van der Waals surface area contributed by atoms with E-state index >= 15 is 0 Å². The summed E-state index contributed by atoms with van der Waals surface area (Å²) in [6.07, 6.45) is 2.02. The number of ether oxygens (including phenoxy) is 1. The molecule has 0 spiro atoms. The average molecular weight is 309 g/mol. The Hall–Kier alpha value is -1.28. The van der Waals surface area contributed by atoms with E-state index in [1.165, 1.54) is 12.1 Å². The Balaban J connectivity index is 2.03. The second-order valence-corrected chi connectivity index (χ2v) is 6.43. The Morgan fingerprint density at radius 3 is 2.40 bits per heavy atom. The van der Waals surface area contributed by atoms with Crippen LogP contribution in [-0.2, 0) is 14.6 Å². The molecule has 1 saturated heterocycles. The highest BCUT2D eigenvalue weighted by Gasteiger charge is 2.46. The van der Waals surface area contributed by atoms with Gasteiger partial charge in [-0.15, -0.1) is 0 Å². The first-order valence-corrected chi connectivity index (χ1v) is 7.56. The van der Waals surface area contributed by atoms with Crippen molar-refractivity contribution in [3.05, 3.63) is 24.3 Å². The average Bonchev–Trinajstić information content (AvgIpc) is 2.88. The summed E-state index contributed by atoms with van der Waals surface area (Å²) in [7, 11) is -5.28. The number of alkyl halides is 3. The lowest BCUT2D eigenvalue weighted by atomic mass is 10.2. The number of sulfone groups is 1. The summed E-state index contributed by atoms with van der Waals surface area (Å²) in [6, 6.07) is 4.52. The minimum Gasteiger partial charge on any atom is -0.382 e. The molecule has 0 aliphatic carbocycles. The van der Waals surface area contributed by atoms with Crippen molar-refractivity contribution in [1.82, 2.24) is 0 Å². The molecule has 4 nitrogen and oxygen atoms in total. The van der Waals surface area contributed by atoms with E-state index in [0.29, 0.717) is 12.2 Å². The lowest BCUT2D eigenvalue weighted by molar-refractivity contribution is -0.0436. The summed E-state index contributed by atoms with van der Waals surface area (Å²) in [5.74, 6) is 0. The van der Waals surface area contributed by atoms with Crippen LogP contribution in [0.3, 0.4) is 0 Å². The zero-order valence-corrected chi connectivity index (χ0v) is 11.3. The smallest absolute Gasteiger partial charge is 0.382 e. The van der Waals surface area contributed by atoms with Gasteiger partial charge >= 0.3 is 5.51 Å². The Morgan fingerprint density at radius 1 is 1.25 bits per heavy atom. The van der Waals surface area contributed by atoms with Crippen molar-refractivity contribution in [1.29, 1.82) is 0 Å². The molecule has 8 heteroatoms. The summed E-state index contributed by atoms with van der Waals surface area (Å²) in [6.45, 7) is 1.26. The summed E-state index contributed by atoms with van der Waals surface area (Å²) >= 11 is 0. The van der Waals surface area contributed by atoms with Gasteiger partial charge in [-0.05, 0) is 37.1 Å². The molecule has 1 aromatic rings. The molecular weight excluding hydrogens is 295 g/mol. The van der Waals surface area contributed by atoms with E-state index in [1.54, 1.807) is 0 Å². The van der Waals surface area contributed by atoms with Gasteiger partial charge in [-0.2, -0.15) is 13.2 Å². The molecule has 1 aliphatic rings. The zero-order chi connectivity index (χ0) is 14.8. The number of rotatable bonds is 4. The predicted octanol–water partition coefficient (Wildman–Crippen LogP) is 2.57. The standard InChI is InChI=1S/C12H14F3NO3S/c13-12(14,15)20(17,18)11-5-3-9(4-6-11)16-8-10-2-1-7-19-10/h3-6,10,16H,1-2,7-8H2. The highest BCUT2D eigenvalue weighted by Crippen LogP contribution is 2.30. The van der Waals surface area contributed by atoms with Crippen molar-refractivity contribution in [2.24, 2.45) is 0 Å². The molecule has 0 bridgehead atoms. The van der Waals surface area contributed by atoms with Gasteiger partial charge in [0.1, 0.15) is 0 Å². The number of hydrogen-bond acceptors (Lipinski definition) is 4. The van der Waals surface area contributed by atoms with E-state index in [0.717, 1.165) is 31.6 Å². The Labute approximate surface area is 114 Å². The fourth-order valence-corrected chi connectivity index (χ4v) is 2.68. The molecule has 0 amide bonds. The third-order valence-corrected chi connectivity index (χ3v) is 4.53. The fraction of sp³-hybridized carbons (Fsp3) is 0.500. The topological polar surface area (TPSA) is 55.4 Å². The second-order valence-electron chi connectivity index (χ2n) is 4.49. The third-order valence-electron chi connectivity index (χ3n) is 3.03. The summed E-state index contributed by atoms with van der Waals surface area (Å²) in [5, 5.41) is 3.00. The van der Waals surface area contributed by atoms with E-state index in [1.807, 2.05) is 0 Å². The maximum atomic E-state index is 12.4. The molecule has 0 radical (unpaired) electrons. The normalized spacial score (nSPS) is 20.1. The van der Waals surface area contributed by atoms with E-state index in [-0.39, 0.29) is 6.10 Å². The maximum absolute atomic E-state index is 12.4. The molecule has 0 saturated carbocycles. The van der Waals surface area contributed by atoms with Crippen LogP contribution in [0.15, 0.2) is 29.2 Å². The number of halogens is 3. The summed E-state index contributed by atoms with van der Waals surface area (Å²) in [4.78, 5) is -0.757. The maximum Gasteiger partial charge on any atom is 0.501 e. The molecule has 1 aromatic carbocycles. The number of hydrogen-bond donors (Lipinski definition) is 1. The molecule has 1 aliphatic heterocycles. The van der Waals surface area contributed by atoms with E-state index in [4.69, 9.17) is 4.74 Å². The summed E-state index contributed by atoms with van der Waals surface area (Å²) < 4.78 is 64.8. The minimum absolute atomic E-state index is 0.0913. The van der Waals surface area contributed by atoms with Crippen LogP contribution in [0.25, 0.3) is 0 Å². The molecule has 0 aromatic heterocycles. The number of nitrogens with one attached hydrogen (secondary N) is 1. The van der Waals surface area contributed by atoms with Crippen molar-refractivity contribution in [3.63, 3.8) is 0 Å². The van der Waals surface area contributed by atoms with Gasteiger partial charge < -0.3 is 10.1 Å². The van der Waals surface area contributed by atoms with Gasteiger partial charge in [-0.25, -0.2) is 8.42 Å². The first-order chi connectivity index (χ1) is 9.30. The Morgan fingerprint density at radius 2 is 1.90 bits per heavy atom. The van der Waals surface area contributed by atoms with Crippen molar-refractivity contribution in [2.75, 3.05) is 18.5 Å². The number of anilines is 1. The monoisotopic (exact) mass is 309 g/mol. The molecule has 1 N–H and O–H groups in total. The lowest BCUT2D eigenvalue weighted by Gasteiger charge is -2.12. The first-order valence-electron chi connectivity index (χ1n) is 6.07. The number of benzene rings is 1. The van der Waals surface area contributed by atoms with Gasteiger partial charge in [0.25, 0.3) is 9.84 Å². The third kappa shape index (κ3) is 3.24. The van der Waals surface area contributed by atoms with Gasteiger partial charge in [0.15, 0.2) is 0 Å². The first kappa shape index (κ1) is 15.1. The molecule has 112 valence electrons.